The summed E-state index contributed by atoms with van der Waals surface area (Å²) in [4.78, 5) is 0. The van der Waals surface area contributed by atoms with E-state index in [0.717, 1.165) is 11.3 Å². The Bertz CT molecular complexity index is 517. The van der Waals surface area contributed by atoms with Crippen molar-refractivity contribution in [3.05, 3.63) is 67.3 Å². The van der Waals surface area contributed by atoms with E-state index < -0.39 is 0 Å². The highest BCUT2D eigenvalue weighted by Crippen LogP contribution is 2.30. The molecular weight excluding hydrogens is 242 g/mol. The Kier molecular flexibility index (Phi) is 6.58. The van der Waals surface area contributed by atoms with Crippen LogP contribution in [0.3, 0.4) is 0 Å². The molecule has 0 saturated carbocycles. The minimum Gasteiger partial charge on any atom is -0.398 e. The number of hydrogen-bond acceptors (Lipinski definition) is 1. The SMILES string of the molecule is C=C.CCCC(C)c1ccc(N)c(-c2ccccc2)c1. The van der Waals surface area contributed by atoms with Gasteiger partial charge in [-0.1, -0.05) is 56.7 Å². The molecule has 0 aliphatic heterocycles. The molecule has 20 heavy (non-hydrogen) atoms. The van der Waals surface area contributed by atoms with Crippen molar-refractivity contribution < 1.29 is 0 Å². The molecule has 0 spiro atoms. The van der Waals surface area contributed by atoms with Gasteiger partial charge >= 0.3 is 0 Å². The number of anilines is 1. The van der Waals surface area contributed by atoms with Crippen molar-refractivity contribution in [2.75, 3.05) is 5.73 Å². The second-order valence-electron chi connectivity index (χ2n) is 4.90. The zero-order chi connectivity index (χ0) is 15.0. The molecule has 0 bridgehead atoms. The third kappa shape index (κ3) is 3.99. The highest BCUT2D eigenvalue weighted by Gasteiger charge is 2.08. The third-order valence-electron chi connectivity index (χ3n) is 3.45. The first-order valence-corrected chi connectivity index (χ1v) is 7.17. The lowest BCUT2D eigenvalue weighted by atomic mass is 9.92. The molecule has 0 aliphatic carbocycles. The van der Waals surface area contributed by atoms with Crippen LogP contribution >= 0.6 is 0 Å². The van der Waals surface area contributed by atoms with Crippen LogP contribution in [0.4, 0.5) is 5.69 Å². The Labute approximate surface area is 123 Å². The number of hydrogen-bond donors (Lipinski definition) is 1. The lowest BCUT2D eigenvalue weighted by Gasteiger charge is -2.14. The molecule has 0 aliphatic rings. The summed E-state index contributed by atoms with van der Waals surface area (Å²) in [7, 11) is 0. The van der Waals surface area contributed by atoms with Crippen LogP contribution < -0.4 is 5.73 Å². The lowest BCUT2D eigenvalue weighted by molar-refractivity contribution is 0.665. The molecule has 0 fully saturated rings. The van der Waals surface area contributed by atoms with Gasteiger partial charge in [0.25, 0.3) is 0 Å². The molecule has 0 amide bonds. The fraction of sp³-hybridized carbons (Fsp3) is 0.263. The van der Waals surface area contributed by atoms with Crippen molar-refractivity contribution in [3.8, 4) is 11.1 Å². The molecule has 1 atom stereocenters. The van der Waals surface area contributed by atoms with E-state index in [-0.39, 0.29) is 0 Å². The van der Waals surface area contributed by atoms with Crippen LogP contribution in [0, 0.1) is 0 Å². The third-order valence-corrected chi connectivity index (χ3v) is 3.45. The van der Waals surface area contributed by atoms with E-state index in [1.54, 1.807) is 0 Å². The van der Waals surface area contributed by atoms with Crippen molar-refractivity contribution in [3.63, 3.8) is 0 Å². The fourth-order valence-electron chi connectivity index (χ4n) is 2.35. The molecular formula is C19H25N. The summed E-state index contributed by atoms with van der Waals surface area (Å²) < 4.78 is 0. The molecule has 106 valence electrons. The van der Waals surface area contributed by atoms with Crippen molar-refractivity contribution in [2.45, 2.75) is 32.6 Å². The normalized spacial score (nSPS) is 11.3. The fourth-order valence-corrected chi connectivity index (χ4v) is 2.35. The van der Waals surface area contributed by atoms with E-state index in [9.17, 15) is 0 Å². The zero-order valence-corrected chi connectivity index (χ0v) is 12.6. The van der Waals surface area contributed by atoms with E-state index in [0.29, 0.717) is 5.92 Å². The quantitative estimate of drug-likeness (QED) is 0.563. The molecule has 1 unspecified atom stereocenters. The zero-order valence-electron chi connectivity index (χ0n) is 12.6. The smallest absolute Gasteiger partial charge is 0.0393 e. The molecule has 2 rings (SSSR count). The predicted molar refractivity (Wildman–Crippen MR) is 90.9 cm³/mol. The predicted octanol–water partition coefficient (Wildman–Crippen LogP) is 5.64. The van der Waals surface area contributed by atoms with Crippen LogP contribution in [0.25, 0.3) is 11.1 Å². The second-order valence-corrected chi connectivity index (χ2v) is 4.90. The van der Waals surface area contributed by atoms with Crippen LogP contribution in [0.5, 0.6) is 0 Å². The minimum absolute atomic E-state index is 0.595. The van der Waals surface area contributed by atoms with Gasteiger partial charge in [0.2, 0.25) is 0 Å². The van der Waals surface area contributed by atoms with E-state index in [4.69, 9.17) is 5.73 Å². The van der Waals surface area contributed by atoms with Crippen LogP contribution in [0.15, 0.2) is 61.7 Å². The highest BCUT2D eigenvalue weighted by molar-refractivity contribution is 5.76. The summed E-state index contributed by atoms with van der Waals surface area (Å²) in [5.74, 6) is 0.595. The van der Waals surface area contributed by atoms with Gasteiger partial charge in [-0.05, 0) is 35.6 Å². The van der Waals surface area contributed by atoms with Gasteiger partial charge < -0.3 is 5.73 Å². The molecule has 0 radical (unpaired) electrons. The first-order valence-electron chi connectivity index (χ1n) is 7.17. The van der Waals surface area contributed by atoms with Gasteiger partial charge in [0, 0.05) is 11.3 Å². The molecule has 2 aromatic rings. The Morgan fingerprint density at radius 3 is 2.30 bits per heavy atom. The monoisotopic (exact) mass is 267 g/mol. The molecule has 0 saturated heterocycles. The van der Waals surface area contributed by atoms with E-state index in [1.165, 1.54) is 24.0 Å². The van der Waals surface area contributed by atoms with Gasteiger partial charge in [0.05, 0.1) is 0 Å². The van der Waals surface area contributed by atoms with E-state index >= 15 is 0 Å². The number of nitrogens with two attached hydrogens (primary N) is 1. The van der Waals surface area contributed by atoms with Crippen LogP contribution in [0.1, 0.15) is 38.2 Å². The van der Waals surface area contributed by atoms with E-state index in [1.807, 2.05) is 12.1 Å². The lowest BCUT2D eigenvalue weighted by Crippen LogP contribution is -1.96. The average molecular weight is 267 g/mol. The van der Waals surface area contributed by atoms with Crippen molar-refractivity contribution in [1.82, 2.24) is 0 Å². The molecule has 0 aromatic heterocycles. The molecule has 2 N–H and O–H groups in total. The largest absolute Gasteiger partial charge is 0.398 e. The van der Waals surface area contributed by atoms with Gasteiger partial charge in [0.1, 0.15) is 0 Å². The maximum absolute atomic E-state index is 6.10. The number of nitrogen functional groups attached to an aromatic ring is 1. The van der Waals surface area contributed by atoms with Crippen LogP contribution in [-0.2, 0) is 0 Å². The molecule has 2 aromatic carbocycles. The van der Waals surface area contributed by atoms with E-state index in [2.05, 4.69) is 63.4 Å². The van der Waals surface area contributed by atoms with Crippen LogP contribution in [0.2, 0.25) is 0 Å². The maximum Gasteiger partial charge on any atom is 0.0393 e. The number of rotatable bonds is 4. The first-order chi connectivity index (χ1) is 9.72. The highest BCUT2D eigenvalue weighted by atomic mass is 14.6. The summed E-state index contributed by atoms with van der Waals surface area (Å²) in [6.45, 7) is 10.5. The van der Waals surface area contributed by atoms with Crippen LogP contribution in [-0.4, -0.2) is 0 Å². The minimum atomic E-state index is 0.595. The summed E-state index contributed by atoms with van der Waals surface area (Å²) in [6, 6.07) is 16.8. The summed E-state index contributed by atoms with van der Waals surface area (Å²) in [6.07, 6.45) is 2.43. The maximum atomic E-state index is 6.10. The van der Waals surface area contributed by atoms with Gasteiger partial charge in [-0.3, -0.25) is 0 Å². The van der Waals surface area contributed by atoms with Crippen molar-refractivity contribution in [2.24, 2.45) is 0 Å². The van der Waals surface area contributed by atoms with Gasteiger partial charge in [-0.15, -0.1) is 13.2 Å². The summed E-state index contributed by atoms with van der Waals surface area (Å²) >= 11 is 0. The van der Waals surface area contributed by atoms with Crippen molar-refractivity contribution in [1.29, 1.82) is 0 Å². The topological polar surface area (TPSA) is 26.0 Å². The molecule has 1 nitrogen and oxygen atoms in total. The Morgan fingerprint density at radius 1 is 1.05 bits per heavy atom. The second kappa shape index (κ2) is 8.21. The Hall–Kier alpha value is -2.02. The Morgan fingerprint density at radius 2 is 1.70 bits per heavy atom. The Balaban J connectivity index is 0.000000956. The summed E-state index contributed by atoms with van der Waals surface area (Å²) in [5.41, 5.74) is 10.7. The van der Waals surface area contributed by atoms with Gasteiger partial charge in [0.15, 0.2) is 0 Å². The molecule has 0 heterocycles. The van der Waals surface area contributed by atoms with Gasteiger partial charge in [-0.25, -0.2) is 0 Å². The number of benzene rings is 2. The summed E-state index contributed by atoms with van der Waals surface area (Å²) in [5, 5.41) is 0. The average Bonchev–Trinajstić information content (AvgIpc) is 2.51. The first kappa shape index (κ1) is 16.0. The standard InChI is InChI=1S/C17H21N.C2H4/c1-3-7-13(2)15-10-11-17(18)16(12-15)14-8-5-4-6-9-14;1-2/h4-6,8-13H,3,7,18H2,1-2H3;1-2H2. The van der Waals surface area contributed by atoms with Crippen molar-refractivity contribution >= 4 is 5.69 Å². The molecule has 1 heteroatoms. The van der Waals surface area contributed by atoms with Gasteiger partial charge in [-0.2, -0.15) is 0 Å².